The fourth-order valence-electron chi connectivity index (χ4n) is 2.40. The highest BCUT2D eigenvalue weighted by Crippen LogP contribution is 2.27. The molecule has 0 aliphatic carbocycles. The third-order valence-corrected chi connectivity index (χ3v) is 5.21. The van der Waals surface area contributed by atoms with Crippen LogP contribution in [-0.2, 0) is 10.2 Å². The molecule has 1 saturated heterocycles. The molecule has 0 saturated carbocycles. The largest absolute Gasteiger partial charge is 0.497 e. The minimum atomic E-state index is -3.38. The first kappa shape index (κ1) is 15.2. The zero-order valence-corrected chi connectivity index (χ0v) is 12.9. The van der Waals surface area contributed by atoms with Crippen LogP contribution in [-0.4, -0.2) is 58.5 Å². The predicted molar refractivity (Wildman–Crippen MR) is 77.9 cm³/mol. The van der Waals surface area contributed by atoms with Gasteiger partial charge in [-0.25, -0.2) is 4.72 Å². The summed E-state index contributed by atoms with van der Waals surface area (Å²) in [6, 6.07) is 7.79. The number of ether oxygens (including phenoxy) is 1. The van der Waals surface area contributed by atoms with E-state index < -0.39 is 10.2 Å². The number of likely N-dealkylation sites (N-methyl/N-ethyl adjacent to an activating group) is 1. The van der Waals surface area contributed by atoms with Gasteiger partial charge in [-0.1, -0.05) is 12.1 Å². The van der Waals surface area contributed by atoms with E-state index in [0.717, 1.165) is 11.3 Å². The third-order valence-electron chi connectivity index (χ3n) is 3.69. The first-order valence-corrected chi connectivity index (χ1v) is 7.94. The molecule has 0 bridgehead atoms. The van der Waals surface area contributed by atoms with E-state index >= 15 is 0 Å². The van der Waals surface area contributed by atoms with Crippen molar-refractivity contribution in [1.82, 2.24) is 13.9 Å². The highest BCUT2D eigenvalue weighted by atomic mass is 32.2. The van der Waals surface area contributed by atoms with Crippen LogP contribution >= 0.6 is 0 Å². The summed E-state index contributed by atoms with van der Waals surface area (Å²) in [5.41, 5.74) is 1.06. The number of rotatable bonds is 4. The Bertz CT molecular complexity index is 562. The third kappa shape index (κ3) is 3.12. The van der Waals surface area contributed by atoms with Crippen molar-refractivity contribution in [3.8, 4) is 5.75 Å². The molecule has 1 fully saturated rings. The van der Waals surface area contributed by atoms with E-state index in [-0.39, 0.29) is 6.04 Å². The molecule has 2 rings (SSSR count). The van der Waals surface area contributed by atoms with E-state index in [9.17, 15) is 8.42 Å². The van der Waals surface area contributed by atoms with Crippen LogP contribution in [0.5, 0.6) is 5.75 Å². The molecule has 20 heavy (non-hydrogen) atoms. The van der Waals surface area contributed by atoms with E-state index in [0.29, 0.717) is 19.6 Å². The van der Waals surface area contributed by atoms with Gasteiger partial charge in [-0.2, -0.15) is 12.7 Å². The van der Waals surface area contributed by atoms with E-state index in [4.69, 9.17) is 4.74 Å². The lowest BCUT2D eigenvalue weighted by atomic mass is 10.0. The van der Waals surface area contributed by atoms with Gasteiger partial charge in [-0.3, -0.25) is 4.90 Å². The molecule has 0 spiro atoms. The molecule has 1 aromatic rings. The van der Waals surface area contributed by atoms with Gasteiger partial charge in [-0.15, -0.1) is 0 Å². The number of piperazine rings is 1. The summed E-state index contributed by atoms with van der Waals surface area (Å²) < 4.78 is 33.0. The maximum absolute atomic E-state index is 11.9. The highest BCUT2D eigenvalue weighted by molar-refractivity contribution is 7.87. The maximum atomic E-state index is 11.9. The molecular weight excluding hydrogens is 278 g/mol. The first-order chi connectivity index (χ1) is 9.47. The summed E-state index contributed by atoms with van der Waals surface area (Å²) >= 11 is 0. The summed E-state index contributed by atoms with van der Waals surface area (Å²) in [5, 5.41) is 0. The summed E-state index contributed by atoms with van der Waals surface area (Å²) in [6.07, 6.45) is 0. The van der Waals surface area contributed by atoms with Gasteiger partial charge in [-0.05, 0) is 24.7 Å². The van der Waals surface area contributed by atoms with Gasteiger partial charge in [0.25, 0.3) is 10.2 Å². The van der Waals surface area contributed by atoms with Crippen molar-refractivity contribution in [3.63, 3.8) is 0 Å². The lowest BCUT2D eigenvalue weighted by Gasteiger charge is -2.38. The number of benzene rings is 1. The normalized spacial score (nSPS) is 21.9. The molecule has 0 radical (unpaired) electrons. The molecule has 0 amide bonds. The van der Waals surface area contributed by atoms with Gasteiger partial charge in [0, 0.05) is 32.7 Å². The molecular formula is C13H21N3O3S. The van der Waals surface area contributed by atoms with Crippen molar-refractivity contribution in [1.29, 1.82) is 0 Å². The number of nitrogens with one attached hydrogen (secondary N) is 1. The molecule has 1 atom stereocenters. The number of hydrogen-bond donors (Lipinski definition) is 1. The van der Waals surface area contributed by atoms with E-state index in [1.807, 2.05) is 31.3 Å². The van der Waals surface area contributed by atoms with E-state index in [1.54, 1.807) is 7.11 Å². The maximum Gasteiger partial charge on any atom is 0.279 e. The zero-order valence-electron chi connectivity index (χ0n) is 12.0. The monoisotopic (exact) mass is 299 g/mol. The van der Waals surface area contributed by atoms with Gasteiger partial charge in [0.05, 0.1) is 7.11 Å². The number of hydrogen-bond acceptors (Lipinski definition) is 4. The van der Waals surface area contributed by atoms with Crippen LogP contribution < -0.4 is 9.46 Å². The van der Waals surface area contributed by atoms with Gasteiger partial charge in [0.1, 0.15) is 5.75 Å². The summed E-state index contributed by atoms with van der Waals surface area (Å²) in [4.78, 5) is 2.16. The van der Waals surface area contributed by atoms with Crippen molar-refractivity contribution in [2.75, 3.05) is 40.8 Å². The average molecular weight is 299 g/mol. The summed E-state index contributed by atoms with van der Waals surface area (Å²) in [6.45, 7) is 1.63. The lowest BCUT2D eigenvalue weighted by Crippen LogP contribution is -2.51. The second-order valence-electron chi connectivity index (χ2n) is 4.84. The van der Waals surface area contributed by atoms with Gasteiger partial charge < -0.3 is 4.74 Å². The Morgan fingerprint density at radius 3 is 2.75 bits per heavy atom. The Kier molecular flexibility index (Phi) is 4.64. The average Bonchev–Trinajstić information content (AvgIpc) is 2.47. The Morgan fingerprint density at radius 1 is 1.35 bits per heavy atom. The van der Waals surface area contributed by atoms with Crippen molar-refractivity contribution in [2.24, 2.45) is 0 Å². The fourth-order valence-corrected chi connectivity index (χ4v) is 3.32. The van der Waals surface area contributed by atoms with Gasteiger partial charge >= 0.3 is 0 Å². The van der Waals surface area contributed by atoms with Crippen molar-refractivity contribution < 1.29 is 13.2 Å². The van der Waals surface area contributed by atoms with Crippen LogP contribution in [0.1, 0.15) is 11.6 Å². The van der Waals surface area contributed by atoms with Crippen molar-refractivity contribution >= 4 is 10.2 Å². The molecule has 7 heteroatoms. The fraction of sp³-hybridized carbons (Fsp3) is 0.538. The van der Waals surface area contributed by atoms with Crippen LogP contribution in [0.2, 0.25) is 0 Å². The predicted octanol–water partition coefficient (Wildman–Crippen LogP) is 0.448. The molecule has 6 nitrogen and oxygen atoms in total. The molecule has 0 aromatic heterocycles. The lowest BCUT2D eigenvalue weighted by molar-refractivity contribution is 0.147. The van der Waals surface area contributed by atoms with E-state index in [2.05, 4.69) is 9.62 Å². The van der Waals surface area contributed by atoms with Crippen molar-refractivity contribution in [2.45, 2.75) is 6.04 Å². The molecule has 1 N–H and O–H groups in total. The Labute approximate surface area is 120 Å². The molecule has 1 heterocycles. The standard InChI is InChI=1S/C13H21N3O3S/c1-14-20(17,18)16-8-7-15(2)13(10-16)11-5-4-6-12(9-11)19-3/h4-6,9,13-14H,7-8,10H2,1-3H3. The number of methoxy groups -OCH3 is 1. The summed E-state index contributed by atoms with van der Waals surface area (Å²) in [7, 11) is 1.70. The van der Waals surface area contributed by atoms with Crippen LogP contribution in [0.3, 0.4) is 0 Å². The molecule has 1 aromatic carbocycles. The first-order valence-electron chi connectivity index (χ1n) is 6.50. The van der Waals surface area contributed by atoms with Crippen molar-refractivity contribution in [3.05, 3.63) is 29.8 Å². The topological polar surface area (TPSA) is 61.9 Å². The van der Waals surface area contributed by atoms with Gasteiger partial charge in [0.2, 0.25) is 0 Å². The van der Waals surface area contributed by atoms with E-state index in [1.165, 1.54) is 11.4 Å². The smallest absolute Gasteiger partial charge is 0.279 e. The Hall–Kier alpha value is -1.15. The minimum absolute atomic E-state index is 0.0296. The second-order valence-corrected chi connectivity index (χ2v) is 6.71. The van der Waals surface area contributed by atoms with Crippen LogP contribution in [0.25, 0.3) is 0 Å². The number of nitrogens with zero attached hydrogens (tertiary/aromatic N) is 2. The molecule has 1 aliphatic rings. The van der Waals surface area contributed by atoms with Crippen LogP contribution in [0, 0.1) is 0 Å². The molecule has 1 aliphatic heterocycles. The zero-order chi connectivity index (χ0) is 14.8. The van der Waals surface area contributed by atoms with Crippen LogP contribution in [0.4, 0.5) is 0 Å². The highest BCUT2D eigenvalue weighted by Gasteiger charge is 2.31. The Morgan fingerprint density at radius 2 is 2.10 bits per heavy atom. The second kappa shape index (κ2) is 6.09. The quantitative estimate of drug-likeness (QED) is 0.877. The van der Waals surface area contributed by atoms with Crippen LogP contribution in [0.15, 0.2) is 24.3 Å². The minimum Gasteiger partial charge on any atom is -0.497 e. The SMILES string of the molecule is CNS(=O)(=O)N1CCN(C)C(c2cccc(OC)c2)C1. The molecule has 112 valence electrons. The summed E-state index contributed by atoms with van der Waals surface area (Å²) in [5.74, 6) is 0.782. The Balaban J connectivity index is 2.25. The molecule has 1 unspecified atom stereocenters. The van der Waals surface area contributed by atoms with Gasteiger partial charge in [0.15, 0.2) is 0 Å².